The number of aromatic nitrogens is 3. The fourth-order valence-corrected chi connectivity index (χ4v) is 3.56. The van der Waals surface area contributed by atoms with Gasteiger partial charge in [-0.05, 0) is 53.5 Å². The number of halogens is 2. The van der Waals surface area contributed by atoms with Crippen molar-refractivity contribution in [3.63, 3.8) is 0 Å². The number of hydrogen-bond donors (Lipinski definition) is 0. The van der Waals surface area contributed by atoms with Gasteiger partial charge in [-0.1, -0.05) is 30.0 Å². The summed E-state index contributed by atoms with van der Waals surface area (Å²) in [5, 5.41) is 9.23. The second-order valence-electron chi connectivity index (χ2n) is 5.25. The van der Waals surface area contributed by atoms with Gasteiger partial charge in [0.05, 0.1) is 0 Å². The number of nitrogens with zero attached hydrogens (tertiary/aromatic N) is 3. The predicted molar refractivity (Wildman–Crippen MR) is 91.8 cm³/mol. The van der Waals surface area contributed by atoms with E-state index in [2.05, 4.69) is 40.0 Å². The molecule has 0 bridgehead atoms. The van der Waals surface area contributed by atoms with Gasteiger partial charge >= 0.3 is 0 Å². The van der Waals surface area contributed by atoms with Gasteiger partial charge in [-0.3, -0.25) is 4.57 Å². The summed E-state index contributed by atoms with van der Waals surface area (Å²) in [7, 11) is 0. The third-order valence-corrected chi connectivity index (χ3v) is 4.71. The van der Waals surface area contributed by atoms with Gasteiger partial charge in [-0.15, -0.1) is 10.2 Å². The van der Waals surface area contributed by atoms with Crippen LogP contribution in [0.15, 0.2) is 50.6 Å². The molecular formula is C16H15BrFN3OS. The molecule has 0 atom stereocenters. The van der Waals surface area contributed by atoms with Crippen molar-refractivity contribution in [3.05, 3.63) is 52.4 Å². The molecule has 3 aromatic rings. The molecule has 7 heteroatoms. The summed E-state index contributed by atoms with van der Waals surface area (Å²) in [5.74, 6) is 1.61. The van der Waals surface area contributed by atoms with Gasteiger partial charge < -0.3 is 4.42 Å². The van der Waals surface area contributed by atoms with Crippen molar-refractivity contribution in [3.8, 4) is 11.6 Å². The quantitative estimate of drug-likeness (QED) is 0.548. The first kappa shape index (κ1) is 16.3. The second kappa shape index (κ2) is 6.88. The molecule has 23 heavy (non-hydrogen) atoms. The van der Waals surface area contributed by atoms with Crippen LogP contribution in [0.2, 0.25) is 0 Å². The molecule has 0 aliphatic rings. The van der Waals surface area contributed by atoms with Gasteiger partial charge in [0, 0.05) is 11.8 Å². The van der Waals surface area contributed by atoms with E-state index in [4.69, 9.17) is 4.42 Å². The molecule has 2 heterocycles. The predicted octanol–water partition coefficient (Wildman–Crippen LogP) is 5.31. The van der Waals surface area contributed by atoms with Crippen molar-refractivity contribution >= 4 is 27.7 Å². The lowest BCUT2D eigenvalue weighted by Crippen LogP contribution is -2.05. The number of hydrogen-bond acceptors (Lipinski definition) is 4. The highest BCUT2D eigenvalue weighted by Crippen LogP contribution is 2.31. The summed E-state index contributed by atoms with van der Waals surface area (Å²) in [4.78, 5) is 0. The highest BCUT2D eigenvalue weighted by Gasteiger charge is 2.19. The molecule has 0 N–H and O–H groups in total. The minimum atomic E-state index is -0.203. The Morgan fingerprint density at radius 2 is 2.00 bits per heavy atom. The van der Waals surface area contributed by atoms with Crippen molar-refractivity contribution < 1.29 is 8.81 Å². The van der Waals surface area contributed by atoms with Crippen LogP contribution < -0.4 is 0 Å². The molecule has 0 saturated carbocycles. The SMILES string of the molecule is CC(C)n1c(SCc2ccccc2F)nnc1-c1ccc(Br)o1. The summed E-state index contributed by atoms with van der Waals surface area (Å²) < 4.78 is 22.0. The van der Waals surface area contributed by atoms with Crippen LogP contribution in [0.4, 0.5) is 4.39 Å². The van der Waals surface area contributed by atoms with Crippen molar-refractivity contribution in [2.75, 3.05) is 0 Å². The molecule has 0 fully saturated rings. The Kier molecular flexibility index (Phi) is 4.87. The topological polar surface area (TPSA) is 43.9 Å². The Morgan fingerprint density at radius 1 is 1.22 bits per heavy atom. The molecule has 0 saturated heterocycles. The van der Waals surface area contributed by atoms with Crippen molar-refractivity contribution in [2.45, 2.75) is 30.8 Å². The number of furan rings is 1. The van der Waals surface area contributed by atoms with E-state index in [1.165, 1.54) is 17.8 Å². The van der Waals surface area contributed by atoms with Crippen LogP contribution in [-0.2, 0) is 5.75 Å². The van der Waals surface area contributed by atoms with Crippen LogP contribution in [0.25, 0.3) is 11.6 Å². The van der Waals surface area contributed by atoms with Crippen LogP contribution >= 0.6 is 27.7 Å². The van der Waals surface area contributed by atoms with Gasteiger partial charge in [0.2, 0.25) is 5.82 Å². The lowest BCUT2D eigenvalue weighted by Gasteiger charge is -2.12. The second-order valence-corrected chi connectivity index (χ2v) is 6.98. The van der Waals surface area contributed by atoms with Crippen LogP contribution in [-0.4, -0.2) is 14.8 Å². The monoisotopic (exact) mass is 395 g/mol. The van der Waals surface area contributed by atoms with Gasteiger partial charge in [-0.25, -0.2) is 4.39 Å². The zero-order chi connectivity index (χ0) is 16.4. The minimum absolute atomic E-state index is 0.159. The highest BCUT2D eigenvalue weighted by atomic mass is 79.9. The molecule has 0 unspecified atom stereocenters. The zero-order valence-corrected chi connectivity index (χ0v) is 15.1. The summed E-state index contributed by atoms with van der Waals surface area (Å²) in [6, 6.07) is 10.6. The van der Waals surface area contributed by atoms with Crippen molar-refractivity contribution in [2.24, 2.45) is 0 Å². The summed E-state index contributed by atoms with van der Waals surface area (Å²) in [6.07, 6.45) is 0. The molecule has 0 aliphatic heterocycles. The lowest BCUT2D eigenvalue weighted by molar-refractivity contribution is 0.519. The summed E-state index contributed by atoms with van der Waals surface area (Å²) in [5.41, 5.74) is 0.651. The average Bonchev–Trinajstić information content (AvgIpc) is 3.12. The molecule has 2 aromatic heterocycles. The van der Waals surface area contributed by atoms with E-state index in [0.29, 0.717) is 27.6 Å². The van der Waals surface area contributed by atoms with Crippen LogP contribution in [0.3, 0.4) is 0 Å². The molecule has 0 aliphatic carbocycles. The fourth-order valence-electron chi connectivity index (χ4n) is 2.20. The van der Waals surface area contributed by atoms with Gasteiger partial charge in [0.25, 0.3) is 0 Å². The number of rotatable bonds is 5. The van der Waals surface area contributed by atoms with E-state index in [9.17, 15) is 4.39 Å². The Bertz CT molecular complexity index is 815. The first-order chi connectivity index (χ1) is 11.1. The summed E-state index contributed by atoms with van der Waals surface area (Å²) in [6.45, 7) is 4.11. The molecule has 120 valence electrons. The first-order valence-electron chi connectivity index (χ1n) is 7.13. The van der Waals surface area contributed by atoms with Crippen molar-refractivity contribution in [1.82, 2.24) is 14.8 Å². The van der Waals surface area contributed by atoms with Gasteiger partial charge in [0.1, 0.15) is 5.82 Å². The van der Waals surface area contributed by atoms with E-state index in [-0.39, 0.29) is 11.9 Å². The molecular weight excluding hydrogens is 381 g/mol. The normalized spacial score (nSPS) is 11.3. The lowest BCUT2D eigenvalue weighted by atomic mass is 10.2. The molecule has 4 nitrogen and oxygen atoms in total. The molecule has 0 radical (unpaired) electrons. The van der Waals surface area contributed by atoms with Crippen molar-refractivity contribution in [1.29, 1.82) is 0 Å². The number of thioether (sulfide) groups is 1. The Hall–Kier alpha value is -1.60. The third kappa shape index (κ3) is 3.50. The fraction of sp³-hybridized carbons (Fsp3) is 0.250. The standard InChI is InChI=1S/C16H15BrFN3OS/c1-10(2)21-15(13-7-8-14(17)22-13)19-20-16(21)23-9-11-5-3-4-6-12(11)18/h3-8,10H,9H2,1-2H3. The first-order valence-corrected chi connectivity index (χ1v) is 8.91. The van der Waals surface area contributed by atoms with Crippen LogP contribution in [0.1, 0.15) is 25.5 Å². The smallest absolute Gasteiger partial charge is 0.200 e. The maximum atomic E-state index is 13.7. The largest absolute Gasteiger partial charge is 0.446 e. The van der Waals surface area contributed by atoms with E-state index in [1.807, 2.05) is 22.8 Å². The summed E-state index contributed by atoms with van der Waals surface area (Å²) >= 11 is 4.76. The highest BCUT2D eigenvalue weighted by molar-refractivity contribution is 9.10. The van der Waals surface area contributed by atoms with E-state index < -0.39 is 0 Å². The number of benzene rings is 1. The maximum Gasteiger partial charge on any atom is 0.200 e. The van der Waals surface area contributed by atoms with Gasteiger partial charge in [0.15, 0.2) is 15.6 Å². The van der Waals surface area contributed by atoms with E-state index in [0.717, 1.165) is 5.16 Å². The zero-order valence-electron chi connectivity index (χ0n) is 12.7. The molecule has 0 amide bonds. The molecule has 3 rings (SSSR count). The van der Waals surface area contributed by atoms with E-state index >= 15 is 0 Å². The van der Waals surface area contributed by atoms with Crippen LogP contribution in [0, 0.1) is 5.82 Å². The minimum Gasteiger partial charge on any atom is -0.446 e. The maximum absolute atomic E-state index is 13.7. The molecule has 1 aromatic carbocycles. The van der Waals surface area contributed by atoms with Gasteiger partial charge in [-0.2, -0.15) is 0 Å². The average molecular weight is 396 g/mol. The van der Waals surface area contributed by atoms with Crippen LogP contribution in [0.5, 0.6) is 0 Å². The Balaban J connectivity index is 1.88. The Morgan fingerprint density at radius 3 is 2.65 bits per heavy atom. The molecule has 0 spiro atoms. The third-order valence-electron chi connectivity index (χ3n) is 3.29. The van der Waals surface area contributed by atoms with E-state index in [1.54, 1.807) is 12.1 Å². The Labute approximate surface area is 146 Å².